The number of ether oxygens (including phenoxy) is 3. The summed E-state index contributed by atoms with van der Waals surface area (Å²) in [7, 11) is 1.62. The maximum atomic E-state index is 9.71. The summed E-state index contributed by atoms with van der Waals surface area (Å²) in [5.41, 5.74) is 2.93. The van der Waals surface area contributed by atoms with E-state index in [0.29, 0.717) is 47.9 Å². The number of hydrogen-bond donors (Lipinski definition) is 2. The van der Waals surface area contributed by atoms with E-state index < -0.39 is 0 Å². The second-order valence-electron chi connectivity index (χ2n) is 8.60. The SMILES string of the molecule is COc1nc(Nc2nccc(-c3ccc(OC4CCOCC4)c(C#N)c3)n2)ccc1N1CCNCC1. The Morgan fingerprint density at radius 3 is 2.72 bits per heavy atom. The first kappa shape index (κ1) is 23.8. The number of aromatic nitrogens is 3. The second-order valence-corrected chi connectivity index (χ2v) is 8.60. The van der Waals surface area contributed by atoms with Gasteiger partial charge in [0, 0.05) is 50.8 Å². The number of nitrogens with zero attached hydrogens (tertiary/aromatic N) is 5. The second kappa shape index (κ2) is 11.2. The molecule has 0 radical (unpaired) electrons. The minimum absolute atomic E-state index is 0.0639. The molecular weight excluding hydrogens is 458 g/mol. The highest BCUT2D eigenvalue weighted by atomic mass is 16.5. The number of methoxy groups -OCH3 is 1. The van der Waals surface area contributed by atoms with Crippen molar-refractivity contribution in [2.45, 2.75) is 18.9 Å². The van der Waals surface area contributed by atoms with E-state index in [1.807, 2.05) is 30.3 Å². The van der Waals surface area contributed by atoms with Gasteiger partial charge in [0.2, 0.25) is 11.8 Å². The molecule has 0 saturated carbocycles. The maximum absolute atomic E-state index is 9.71. The summed E-state index contributed by atoms with van der Waals surface area (Å²) in [6.07, 6.45) is 3.38. The summed E-state index contributed by atoms with van der Waals surface area (Å²) in [5.74, 6) is 2.12. The number of hydrogen-bond acceptors (Lipinski definition) is 10. The highest BCUT2D eigenvalue weighted by Crippen LogP contribution is 2.30. The number of piperazine rings is 1. The molecule has 0 amide bonds. The first-order chi connectivity index (χ1) is 17.7. The number of nitrogens with one attached hydrogen (secondary N) is 2. The average Bonchev–Trinajstić information content (AvgIpc) is 2.94. The van der Waals surface area contributed by atoms with Crippen LogP contribution in [0.15, 0.2) is 42.6 Å². The monoisotopic (exact) mass is 487 g/mol. The lowest BCUT2D eigenvalue weighted by Crippen LogP contribution is -2.43. The molecule has 10 nitrogen and oxygen atoms in total. The molecule has 2 N–H and O–H groups in total. The maximum Gasteiger partial charge on any atom is 0.239 e. The Kier molecular flexibility index (Phi) is 7.40. The van der Waals surface area contributed by atoms with Crippen molar-refractivity contribution in [1.29, 1.82) is 5.26 Å². The fraction of sp³-hybridized carbons (Fsp3) is 0.385. The third-order valence-corrected chi connectivity index (χ3v) is 6.24. The van der Waals surface area contributed by atoms with Crippen molar-refractivity contribution in [2.75, 3.05) is 56.7 Å². The summed E-state index contributed by atoms with van der Waals surface area (Å²) >= 11 is 0. The van der Waals surface area contributed by atoms with Crippen LogP contribution in [0.1, 0.15) is 18.4 Å². The van der Waals surface area contributed by atoms with Crippen molar-refractivity contribution in [2.24, 2.45) is 0 Å². The molecule has 2 aromatic heterocycles. The van der Waals surface area contributed by atoms with Crippen LogP contribution in [0.3, 0.4) is 0 Å². The van der Waals surface area contributed by atoms with E-state index in [0.717, 1.165) is 50.3 Å². The Hall–Kier alpha value is -3.94. The standard InChI is InChI=1S/C26H29N7O3/c1-34-25-22(33-12-10-28-11-13-33)3-5-24(31-25)32-26-29-9-6-21(30-26)18-2-4-23(19(16-18)17-27)36-20-7-14-35-15-8-20/h2-6,9,16,20,28H,7-8,10-15H2,1H3,(H,29,30,31,32). The van der Waals surface area contributed by atoms with Crippen LogP contribution in [0.4, 0.5) is 17.5 Å². The van der Waals surface area contributed by atoms with Crippen LogP contribution in [0.2, 0.25) is 0 Å². The predicted molar refractivity (Wildman–Crippen MR) is 136 cm³/mol. The Labute approximate surface area is 210 Å². The highest BCUT2D eigenvalue weighted by molar-refractivity contribution is 5.66. The van der Waals surface area contributed by atoms with Gasteiger partial charge >= 0.3 is 0 Å². The smallest absolute Gasteiger partial charge is 0.239 e. The van der Waals surface area contributed by atoms with E-state index in [9.17, 15) is 5.26 Å². The van der Waals surface area contributed by atoms with Gasteiger partial charge in [-0.1, -0.05) is 0 Å². The van der Waals surface area contributed by atoms with Crippen LogP contribution in [0.5, 0.6) is 11.6 Å². The number of rotatable bonds is 7. The van der Waals surface area contributed by atoms with Crippen LogP contribution in [-0.2, 0) is 4.74 Å². The lowest BCUT2D eigenvalue weighted by molar-refractivity contribution is 0.0254. The zero-order valence-corrected chi connectivity index (χ0v) is 20.2. The van der Waals surface area contributed by atoms with Crippen molar-refractivity contribution in [1.82, 2.24) is 20.3 Å². The molecule has 4 heterocycles. The van der Waals surface area contributed by atoms with Crippen molar-refractivity contribution in [3.8, 4) is 29.0 Å². The molecule has 1 aromatic carbocycles. The van der Waals surface area contributed by atoms with Gasteiger partial charge in [0.25, 0.3) is 0 Å². The van der Waals surface area contributed by atoms with Gasteiger partial charge in [0.05, 0.1) is 31.6 Å². The molecule has 3 aromatic rings. The minimum Gasteiger partial charge on any atom is -0.489 e. The van der Waals surface area contributed by atoms with Gasteiger partial charge in [-0.15, -0.1) is 0 Å². The van der Waals surface area contributed by atoms with E-state index in [2.05, 4.69) is 36.6 Å². The highest BCUT2D eigenvalue weighted by Gasteiger charge is 2.19. The largest absolute Gasteiger partial charge is 0.489 e. The van der Waals surface area contributed by atoms with Crippen molar-refractivity contribution in [3.05, 3.63) is 48.2 Å². The van der Waals surface area contributed by atoms with Crippen LogP contribution >= 0.6 is 0 Å². The first-order valence-electron chi connectivity index (χ1n) is 12.1. The predicted octanol–water partition coefficient (Wildman–Crippen LogP) is 3.13. The molecule has 0 atom stereocenters. The lowest BCUT2D eigenvalue weighted by Gasteiger charge is -2.30. The molecule has 2 aliphatic heterocycles. The van der Waals surface area contributed by atoms with Crippen LogP contribution in [0.25, 0.3) is 11.3 Å². The van der Waals surface area contributed by atoms with Crippen molar-refractivity contribution in [3.63, 3.8) is 0 Å². The molecule has 10 heteroatoms. The summed E-state index contributed by atoms with van der Waals surface area (Å²) < 4.78 is 17.0. The zero-order chi connectivity index (χ0) is 24.7. The number of nitriles is 1. The summed E-state index contributed by atoms with van der Waals surface area (Å²) in [4.78, 5) is 15.9. The lowest BCUT2D eigenvalue weighted by atomic mass is 10.1. The quantitative estimate of drug-likeness (QED) is 0.515. The van der Waals surface area contributed by atoms with Gasteiger partial charge in [-0.3, -0.25) is 0 Å². The average molecular weight is 488 g/mol. The third kappa shape index (κ3) is 5.48. The molecule has 5 rings (SSSR count). The fourth-order valence-electron chi connectivity index (χ4n) is 4.35. The van der Waals surface area contributed by atoms with Crippen molar-refractivity contribution >= 4 is 17.5 Å². The zero-order valence-electron chi connectivity index (χ0n) is 20.2. The van der Waals surface area contributed by atoms with E-state index >= 15 is 0 Å². The summed E-state index contributed by atoms with van der Waals surface area (Å²) in [6, 6.07) is 13.5. The molecule has 2 saturated heterocycles. The van der Waals surface area contributed by atoms with Crippen molar-refractivity contribution < 1.29 is 14.2 Å². The van der Waals surface area contributed by atoms with Gasteiger partial charge in [0.15, 0.2) is 0 Å². The van der Waals surface area contributed by atoms with Gasteiger partial charge in [-0.2, -0.15) is 10.2 Å². The van der Waals surface area contributed by atoms with E-state index in [-0.39, 0.29) is 6.10 Å². The Morgan fingerprint density at radius 1 is 1.11 bits per heavy atom. The molecule has 2 fully saturated rings. The molecule has 186 valence electrons. The van der Waals surface area contributed by atoms with E-state index in [4.69, 9.17) is 14.2 Å². The number of anilines is 3. The molecule has 0 spiro atoms. The summed E-state index contributed by atoms with van der Waals surface area (Å²) in [6.45, 7) is 5.03. The molecule has 0 unspecified atom stereocenters. The normalized spacial score (nSPS) is 16.3. The van der Waals surface area contributed by atoms with Gasteiger partial charge in [-0.25, -0.2) is 9.97 Å². The van der Waals surface area contributed by atoms with E-state index in [1.54, 1.807) is 19.4 Å². The minimum atomic E-state index is 0.0639. The molecule has 36 heavy (non-hydrogen) atoms. The number of benzene rings is 1. The fourth-order valence-corrected chi connectivity index (χ4v) is 4.35. The third-order valence-electron chi connectivity index (χ3n) is 6.24. The summed E-state index contributed by atoms with van der Waals surface area (Å²) in [5, 5.41) is 16.2. The van der Waals surface area contributed by atoms with Crippen LogP contribution in [0, 0.1) is 11.3 Å². The van der Waals surface area contributed by atoms with Gasteiger partial charge in [0.1, 0.15) is 29.4 Å². The Bertz CT molecular complexity index is 1230. The molecular formula is C26H29N7O3. The topological polar surface area (TPSA) is 117 Å². The van der Waals surface area contributed by atoms with Gasteiger partial charge < -0.3 is 29.7 Å². The Morgan fingerprint density at radius 2 is 1.94 bits per heavy atom. The Balaban J connectivity index is 1.33. The molecule has 2 aliphatic rings. The van der Waals surface area contributed by atoms with Gasteiger partial charge in [-0.05, 0) is 36.4 Å². The van der Waals surface area contributed by atoms with Crippen LogP contribution < -0.4 is 25.0 Å². The number of pyridine rings is 1. The molecule has 0 aliphatic carbocycles. The van der Waals surface area contributed by atoms with E-state index in [1.165, 1.54) is 0 Å². The first-order valence-corrected chi connectivity index (χ1v) is 12.1. The molecule has 0 bridgehead atoms. The van der Waals surface area contributed by atoms with Crippen LogP contribution in [-0.4, -0.2) is 67.6 Å².